The molecule has 0 aromatic rings. The van der Waals surface area contributed by atoms with Crippen LogP contribution in [0.4, 0.5) is 0 Å². The van der Waals surface area contributed by atoms with Crippen molar-refractivity contribution in [2.24, 2.45) is 16.3 Å². The molecule has 2 atom stereocenters. The molecule has 0 heterocycles. The Bertz CT molecular complexity index is 714. The van der Waals surface area contributed by atoms with Gasteiger partial charge in [-0.25, -0.2) is 0 Å². The molecular formula is C19H21NO. The highest BCUT2D eigenvalue weighted by Crippen LogP contribution is 2.63. The van der Waals surface area contributed by atoms with E-state index in [0.29, 0.717) is 5.78 Å². The Labute approximate surface area is 126 Å². The zero-order chi connectivity index (χ0) is 14.8. The molecule has 2 bridgehead atoms. The third-order valence-electron chi connectivity index (χ3n) is 5.90. The van der Waals surface area contributed by atoms with E-state index in [4.69, 9.17) is 0 Å². The van der Waals surface area contributed by atoms with Crippen LogP contribution in [0.3, 0.4) is 0 Å². The summed E-state index contributed by atoms with van der Waals surface area (Å²) in [5.41, 5.74) is 7.73. The first kappa shape index (κ1) is 13.0. The van der Waals surface area contributed by atoms with Crippen molar-refractivity contribution in [1.29, 1.82) is 0 Å². The van der Waals surface area contributed by atoms with E-state index in [2.05, 4.69) is 30.1 Å². The number of Topliss-reactive ketones (excluding diaryl/α,β-unsaturated/α-hetero) is 1. The average molecular weight is 279 g/mol. The van der Waals surface area contributed by atoms with E-state index in [0.717, 1.165) is 30.5 Å². The normalized spacial score (nSPS) is 37.9. The minimum Gasteiger partial charge on any atom is -0.294 e. The molecule has 2 nitrogen and oxygen atoms in total. The quantitative estimate of drug-likeness (QED) is 0.660. The number of nitrogens with zero attached hydrogens (tertiary/aromatic N) is 1. The molecule has 108 valence electrons. The van der Waals surface area contributed by atoms with Gasteiger partial charge >= 0.3 is 0 Å². The second kappa shape index (κ2) is 4.16. The van der Waals surface area contributed by atoms with Gasteiger partial charge in [-0.2, -0.15) is 0 Å². The molecular weight excluding hydrogens is 258 g/mol. The maximum atomic E-state index is 12.5. The minimum atomic E-state index is 0.245. The summed E-state index contributed by atoms with van der Waals surface area (Å²) in [6.07, 6.45) is 10.9. The molecule has 4 aliphatic carbocycles. The molecule has 0 aromatic carbocycles. The van der Waals surface area contributed by atoms with Crippen molar-refractivity contribution in [1.82, 2.24) is 0 Å². The van der Waals surface area contributed by atoms with Gasteiger partial charge in [0.25, 0.3) is 0 Å². The molecule has 1 saturated carbocycles. The maximum absolute atomic E-state index is 12.5. The molecule has 4 rings (SSSR count). The average Bonchev–Trinajstić information content (AvgIpc) is 3.03. The predicted octanol–water partition coefficient (Wildman–Crippen LogP) is 3.96. The number of carbonyl (C=O) groups is 1. The lowest BCUT2D eigenvalue weighted by atomic mass is 9.71. The van der Waals surface area contributed by atoms with E-state index in [1.165, 1.54) is 28.7 Å². The zero-order valence-corrected chi connectivity index (χ0v) is 13.0. The summed E-state index contributed by atoms with van der Waals surface area (Å²) in [5.74, 6) is 0.685. The van der Waals surface area contributed by atoms with Gasteiger partial charge in [0.2, 0.25) is 0 Å². The fourth-order valence-corrected chi connectivity index (χ4v) is 5.07. The fourth-order valence-electron chi connectivity index (χ4n) is 5.07. The summed E-state index contributed by atoms with van der Waals surface area (Å²) < 4.78 is 0. The first-order valence-electron chi connectivity index (χ1n) is 7.92. The SMILES string of the molecule is C/C=C1\C(=NC)C=CC2=C1CC13CCC(C1)C(=O)C(C)=C23. The summed E-state index contributed by atoms with van der Waals surface area (Å²) >= 11 is 0. The van der Waals surface area contributed by atoms with Crippen molar-refractivity contribution >= 4 is 11.5 Å². The van der Waals surface area contributed by atoms with Gasteiger partial charge in [-0.3, -0.25) is 9.79 Å². The molecule has 2 unspecified atom stereocenters. The molecule has 0 saturated heterocycles. The van der Waals surface area contributed by atoms with Gasteiger partial charge in [0.05, 0.1) is 5.71 Å². The van der Waals surface area contributed by atoms with E-state index < -0.39 is 0 Å². The molecule has 0 aliphatic heterocycles. The van der Waals surface area contributed by atoms with Crippen molar-refractivity contribution in [2.45, 2.75) is 39.5 Å². The van der Waals surface area contributed by atoms with E-state index in [9.17, 15) is 4.79 Å². The highest BCUT2D eigenvalue weighted by Gasteiger charge is 2.54. The van der Waals surface area contributed by atoms with E-state index in [1.807, 2.05) is 14.0 Å². The van der Waals surface area contributed by atoms with Crippen LogP contribution in [0.1, 0.15) is 39.5 Å². The van der Waals surface area contributed by atoms with Gasteiger partial charge in [-0.15, -0.1) is 0 Å². The number of aliphatic imine (C=N–C) groups is 1. The lowest BCUT2D eigenvalue weighted by Gasteiger charge is -2.32. The molecule has 1 fully saturated rings. The van der Waals surface area contributed by atoms with Crippen LogP contribution < -0.4 is 0 Å². The van der Waals surface area contributed by atoms with Crippen LogP contribution in [0.2, 0.25) is 0 Å². The third kappa shape index (κ3) is 1.48. The molecule has 4 aliphatic rings. The zero-order valence-electron chi connectivity index (χ0n) is 13.0. The van der Waals surface area contributed by atoms with Gasteiger partial charge in [0.1, 0.15) is 0 Å². The number of fused-ring (bicyclic) bond motifs is 2. The first-order chi connectivity index (χ1) is 10.1. The highest BCUT2D eigenvalue weighted by atomic mass is 16.1. The predicted molar refractivity (Wildman–Crippen MR) is 85.4 cm³/mol. The third-order valence-corrected chi connectivity index (χ3v) is 5.90. The molecule has 0 N–H and O–H groups in total. The van der Waals surface area contributed by atoms with E-state index in [-0.39, 0.29) is 11.3 Å². The smallest absolute Gasteiger partial charge is 0.161 e. The Morgan fingerprint density at radius 1 is 1.38 bits per heavy atom. The summed E-state index contributed by atoms with van der Waals surface area (Å²) in [7, 11) is 1.86. The van der Waals surface area contributed by atoms with Crippen LogP contribution in [0.25, 0.3) is 0 Å². The van der Waals surface area contributed by atoms with Gasteiger partial charge in [0.15, 0.2) is 5.78 Å². The van der Waals surface area contributed by atoms with Gasteiger partial charge in [0, 0.05) is 18.4 Å². The Morgan fingerprint density at radius 2 is 2.19 bits per heavy atom. The number of allylic oxidation sites excluding steroid dienone is 8. The fraction of sp³-hybridized carbons (Fsp3) is 0.474. The standard InChI is InChI=1S/C19H21NO/c1-4-13-15-10-19-8-7-12(9-19)18(21)11(2)17(19)14(15)5-6-16(13)20-3/h4-6,12H,7-10H2,1-3H3/b13-4-,20-16?. The van der Waals surface area contributed by atoms with Crippen LogP contribution in [0, 0.1) is 11.3 Å². The summed E-state index contributed by atoms with van der Waals surface area (Å²) in [4.78, 5) is 16.9. The number of hydrogen-bond donors (Lipinski definition) is 0. The van der Waals surface area contributed by atoms with E-state index >= 15 is 0 Å². The number of rotatable bonds is 0. The number of ketones is 1. The van der Waals surface area contributed by atoms with Crippen LogP contribution >= 0.6 is 0 Å². The van der Waals surface area contributed by atoms with Crippen molar-refractivity contribution in [3.05, 3.63) is 46.1 Å². The number of carbonyl (C=O) groups excluding carboxylic acids is 1. The summed E-state index contributed by atoms with van der Waals surface area (Å²) in [5, 5.41) is 0. The summed E-state index contributed by atoms with van der Waals surface area (Å²) in [6.45, 7) is 4.14. The monoisotopic (exact) mass is 279 g/mol. The van der Waals surface area contributed by atoms with Gasteiger partial charge in [-0.05, 0) is 73.5 Å². The topological polar surface area (TPSA) is 29.4 Å². The van der Waals surface area contributed by atoms with E-state index in [1.54, 1.807) is 0 Å². The Kier molecular flexibility index (Phi) is 2.57. The van der Waals surface area contributed by atoms with Crippen LogP contribution in [-0.2, 0) is 4.79 Å². The molecule has 1 spiro atoms. The van der Waals surface area contributed by atoms with Crippen molar-refractivity contribution in [3.63, 3.8) is 0 Å². The number of hydrogen-bond acceptors (Lipinski definition) is 2. The largest absolute Gasteiger partial charge is 0.294 e. The lowest BCUT2D eigenvalue weighted by Crippen LogP contribution is -2.27. The summed E-state index contributed by atoms with van der Waals surface area (Å²) in [6, 6.07) is 0. The molecule has 0 amide bonds. The van der Waals surface area contributed by atoms with Gasteiger partial charge < -0.3 is 0 Å². The second-order valence-electron chi connectivity index (χ2n) is 6.80. The van der Waals surface area contributed by atoms with Crippen LogP contribution in [-0.4, -0.2) is 18.5 Å². The lowest BCUT2D eigenvalue weighted by molar-refractivity contribution is -0.119. The van der Waals surface area contributed by atoms with Crippen molar-refractivity contribution < 1.29 is 4.79 Å². The highest BCUT2D eigenvalue weighted by molar-refractivity contribution is 6.14. The Balaban J connectivity index is 1.95. The van der Waals surface area contributed by atoms with Crippen molar-refractivity contribution in [3.8, 4) is 0 Å². The maximum Gasteiger partial charge on any atom is 0.161 e. The first-order valence-corrected chi connectivity index (χ1v) is 7.92. The Morgan fingerprint density at radius 3 is 2.90 bits per heavy atom. The Hall–Kier alpha value is -1.70. The molecule has 21 heavy (non-hydrogen) atoms. The molecule has 2 heteroatoms. The second-order valence-corrected chi connectivity index (χ2v) is 6.80. The van der Waals surface area contributed by atoms with Gasteiger partial charge in [-0.1, -0.05) is 12.2 Å². The van der Waals surface area contributed by atoms with Crippen molar-refractivity contribution in [2.75, 3.05) is 7.05 Å². The minimum absolute atomic E-state index is 0.245. The molecule has 0 aromatic heterocycles. The van der Waals surface area contributed by atoms with Crippen LogP contribution in [0.15, 0.2) is 51.1 Å². The van der Waals surface area contributed by atoms with Crippen LogP contribution in [0.5, 0.6) is 0 Å². The molecule has 0 radical (unpaired) electrons.